The second-order valence-corrected chi connectivity index (χ2v) is 6.22. The average molecular weight is 330 g/mol. The van der Waals surface area contributed by atoms with Crippen LogP contribution in [0.25, 0.3) is 21.9 Å². The first-order valence-electron chi connectivity index (χ1n) is 8.14. The van der Waals surface area contributed by atoms with Crippen LogP contribution in [0.3, 0.4) is 0 Å². The summed E-state index contributed by atoms with van der Waals surface area (Å²) in [6, 6.07) is 3.48. The predicted octanol–water partition coefficient (Wildman–Crippen LogP) is 3.75. The smallest absolute Gasteiger partial charge is 0.336 e. The summed E-state index contributed by atoms with van der Waals surface area (Å²) >= 11 is 0. The summed E-state index contributed by atoms with van der Waals surface area (Å²) in [4.78, 5) is 11.7. The third-order valence-corrected chi connectivity index (χ3v) is 4.45. The first-order chi connectivity index (χ1) is 11.4. The molecule has 0 saturated heterocycles. The number of benzene rings is 1. The van der Waals surface area contributed by atoms with Crippen LogP contribution in [0.15, 0.2) is 25.8 Å². The van der Waals surface area contributed by atoms with Gasteiger partial charge in [-0.05, 0) is 38.8 Å². The Morgan fingerprint density at radius 3 is 2.54 bits per heavy atom. The highest BCUT2D eigenvalue weighted by Gasteiger charge is 2.18. The normalized spacial score (nSPS) is 13.0. The van der Waals surface area contributed by atoms with Crippen LogP contribution in [0.5, 0.6) is 0 Å². The van der Waals surface area contributed by atoms with Gasteiger partial charge < -0.3 is 18.7 Å². The van der Waals surface area contributed by atoms with E-state index in [1.54, 1.807) is 0 Å². The van der Waals surface area contributed by atoms with Gasteiger partial charge in [-0.1, -0.05) is 6.92 Å². The molecule has 0 spiro atoms. The van der Waals surface area contributed by atoms with E-state index in [1.807, 2.05) is 33.8 Å². The second-order valence-electron chi connectivity index (χ2n) is 6.22. The highest BCUT2D eigenvalue weighted by Crippen LogP contribution is 2.34. The van der Waals surface area contributed by atoms with Gasteiger partial charge in [-0.2, -0.15) is 0 Å². The molecule has 3 aromatic rings. The number of rotatable bonds is 5. The summed E-state index contributed by atoms with van der Waals surface area (Å²) < 4.78 is 16.9. The molecular formula is C19H22O5. The molecule has 0 bridgehead atoms. The number of aryl methyl sites for hydroxylation is 3. The fourth-order valence-corrected chi connectivity index (χ4v) is 2.95. The number of ether oxygens (including phenoxy) is 1. The number of aliphatic hydroxyl groups is 1. The van der Waals surface area contributed by atoms with E-state index in [9.17, 15) is 9.90 Å². The third kappa shape index (κ3) is 2.85. The molecule has 0 aliphatic carbocycles. The molecule has 128 valence electrons. The van der Waals surface area contributed by atoms with Gasteiger partial charge in [-0.3, -0.25) is 0 Å². The first kappa shape index (κ1) is 16.7. The molecule has 1 aromatic carbocycles. The largest absolute Gasteiger partial charge is 0.461 e. The fraction of sp³-hybridized carbons (Fsp3) is 0.421. The molecule has 0 saturated carbocycles. The lowest BCUT2D eigenvalue weighted by molar-refractivity contribution is 0.0268. The highest BCUT2D eigenvalue weighted by molar-refractivity contribution is 5.99. The van der Waals surface area contributed by atoms with E-state index in [2.05, 4.69) is 0 Å². The molecule has 0 fully saturated rings. The molecule has 1 N–H and O–H groups in total. The van der Waals surface area contributed by atoms with Crippen molar-refractivity contribution < 1.29 is 18.7 Å². The minimum absolute atomic E-state index is 0.295. The van der Waals surface area contributed by atoms with Crippen molar-refractivity contribution in [1.82, 2.24) is 0 Å². The van der Waals surface area contributed by atoms with Crippen molar-refractivity contribution in [2.75, 3.05) is 6.61 Å². The zero-order chi connectivity index (χ0) is 17.4. The molecule has 1 unspecified atom stereocenters. The van der Waals surface area contributed by atoms with E-state index in [1.165, 1.54) is 6.07 Å². The summed E-state index contributed by atoms with van der Waals surface area (Å²) in [5, 5.41) is 11.5. The average Bonchev–Trinajstić information content (AvgIpc) is 2.85. The van der Waals surface area contributed by atoms with Crippen molar-refractivity contribution in [1.29, 1.82) is 0 Å². The van der Waals surface area contributed by atoms with E-state index >= 15 is 0 Å². The predicted molar refractivity (Wildman–Crippen MR) is 92.4 cm³/mol. The molecule has 0 radical (unpaired) electrons. The van der Waals surface area contributed by atoms with E-state index in [4.69, 9.17) is 13.6 Å². The zero-order valence-electron chi connectivity index (χ0n) is 14.4. The Morgan fingerprint density at radius 2 is 1.83 bits per heavy atom. The maximum absolute atomic E-state index is 11.7. The van der Waals surface area contributed by atoms with Crippen LogP contribution < -0.4 is 5.63 Å². The van der Waals surface area contributed by atoms with E-state index in [0.717, 1.165) is 33.2 Å². The maximum Gasteiger partial charge on any atom is 0.336 e. The number of aliphatic hydroxyl groups excluding tert-OH is 1. The van der Waals surface area contributed by atoms with Gasteiger partial charge in [-0.25, -0.2) is 4.79 Å². The standard InChI is InChI=1S/C19H22O5/c1-5-13(20)8-22-9-16-12(4)23-19-11(3)18-14(7-15(16)19)10(2)6-17(21)24-18/h6-7,13,20H,5,8-9H2,1-4H3. The second kappa shape index (κ2) is 6.42. The van der Waals surface area contributed by atoms with Gasteiger partial charge in [-0.15, -0.1) is 0 Å². The van der Waals surface area contributed by atoms with E-state index in [0.29, 0.717) is 30.8 Å². The van der Waals surface area contributed by atoms with Gasteiger partial charge in [0, 0.05) is 28.0 Å². The Labute approximate surface area is 139 Å². The van der Waals surface area contributed by atoms with Crippen molar-refractivity contribution in [3.8, 4) is 0 Å². The molecule has 5 heteroatoms. The monoisotopic (exact) mass is 330 g/mol. The Bertz CT molecular complexity index is 948. The molecule has 0 aliphatic rings. The summed E-state index contributed by atoms with van der Waals surface area (Å²) in [6.45, 7) is 8.26. The number of hydrogen-bond acceptors (Lipinski definition) is 5. The molecule has 24 heavy (non-hydrogen) atoms. The number of fused-ring (bicyclic) bond motifs is 2. The lowest BCUT2D eigenvalue weighted by Gasteiger charge is -2.09. The van der Waals surface area contributed by atoms with Gasteiger partial charge in [0.2, 0.25) is 0 Å². The van der Waals surface area contributed by atoms with Gasteiger partial charge in [0.05, 0.1) is 19.3 Å². The van der Waals surface area contributed by atoms with Crippen LogP contribution in [0, 0.1) is 20.8 Å². The topological polar surface area (TPSA) is 72.8 Å². The van der Waals surface area contributed by atoms with Crippen molar-refractivity contribution >= 4 is 21.9 Å². The van der Waals surface area contributed by atoms with Gasteiger partial charge in [0.1, 0.15) is 16.9 Å². The van der Waals surface area contributed by atoms with Crippen LogP contribution in [-0.2, 0) is 11.3 Å². The molecule has 2 heterocycles. The Hall–Kier alpha value is -2.11. The molecule has 0 aliphatic heterocycles. The Balaban J connectivity index is 2.11. The minimum atomic E-state index is -0.456. The Morgan fingerprint density at radius 1 is 1.12 bits per heavy atom. The summed E-state index contributed by atoms with van der Waals surface area (Å²) in [7, 11) is 0. The summed E-state index contributed by atoms with van der Waals surface area (Å²) in [5.74, 6) is 0.773. The quantitative estimate of drug-likeness (QED) is 0.721. The number of furan rings is 1. The molecule has 5 nitrogen and oxygen atoms in total. The summed E-state index contributed by atoms with van der Waals surface area (Å²) in [6.07, 6.45) is 0.204. The minimum Gasteiger partial charge on any atom is -0.461 e. The zero-order valence-corrected chi connectivity index (χ0v) is 14.4. The lowest BCUT2D eigenvalue weighted by Crippen LogP contribution is -2.13. The summed E-state index contributed by atoms with van der Waals surface area (Å²) in [5.41, 5.74) is 3.56. The first-order valence-corrected chi connectivity index (χ1v) is 8.14. The van der Waals surface area contributed by atoms with Crippen LogP contribution in [-0.4, -0.2) is 17.8 Å². The molecular weight excluding hydrogens is 308 g/mol. The van der Waals surface area contributed by atoms with Gasteiger partial charge >= 0.3 is 5.63 Å². The maximum atomic E-state index is 11.7. The van der Waals surface area contributed by atoms with Crippen LogP contribution >= 0.6 is 0 Å². The number of hydrogen-bond donors (Lipinski definition) is 1. The van der Waals surface area contributed by atoms with E-state index < -0.39 is 6.10 Å². The molecule has 3 rings (SSSR count). The SMILES string of the molecule is CCC(O)COCc1c(C)oc2c(C)c3oc(=O)cc(C)c3cc12. The third-order valence-electron chi connectivity index (χ3n) is 4.45. The van der Waals surface area contributed by atoms with Crippen molar-refractivity contribution in [2.24, 2.45) is 0 Å². The van der Waals surface area contributed by atoms with Crippen LogP contribution in [0.4, 0.5) is 0 Å². The van der Waals surface area contributed by atoms with Crippen molar-refractivity contribution in [2.45, 2.75) is 46.8 Å². The van der Waals surface area contributed by atoms with Gasteiger partial charge in [0.25, 0.3) is 0 Å². The Kier molecular flexibility index (Phi) is 4.47. The van der Waals surface area contributed by atoms with Crippen LogP contribution in [0.2, 0.25) is 0 Å². The molecule has 2 aromatic heterocycles. The molecule has 0 amide bonds. The fourth-order valence-electron chi connectivity index (χ4n) is 2.95. The molecule has 1 atom stereocenters. The lowest BCUT2D eigenvalue weighted by atomic mass is 10.0. The van der Waals surface area contributed by atoms with Crippen molar-refractivity contribution in [3.05, 3.63) is 45.0 Å². The van der Waals surface area contributed by atoms with E-state index in [-0.39, 0.29) is 5.63 Å². The van der Waals surface area contributed by atoms with Crippen LogP contribution in [0.1, 0.15) is 35.8 Å². The van der Waals surface area contributed by atoms with Crippen molar-refractivity contribution in [3.63, 3.8) is 0 Å². The highest BCUT2D eigenvalue weighted by atomic mass is 16.5. The van der Waals surface area contributed by atoms with Gasteiger partial charge in [0.15, 0.2) is 0 Å².